The number of ketones is 2. The highest BCUT2D eigenvalue weighted by Gasteiger charge is 2.42. The number of esters is 1. The normalized spacial score (nSPS) is 14.0. The first-order valence-electron chi connectivity index (χ1n) is 14.7. The summed E-state index contributed by atoms with van der Waals surface area (Å²) in [7, 11) is 0. The van der Waals surface area contributed by atoms with Crippen LogP contribution in [0.3, 0.4) is 0 Å². The van der Waals surface area contributed by atoms with Gasteiger partial charge in [0, 0.05) is 22.9 Å². The molecule has 3 aromatic carbocycles. The van der Waals surface area contributed by atoms with Gasteiger partial charge < -0.3 is 9.84 Å². The maximum atomic E-state index is 13.4. The van der Waals surface area contributed by atoms with Crippen LogP contribution in [-0.2, 0) is 22.0 Å². The Balaban J connectivity index is 1.41. The van der Waals surface area contributed by atoms with E-state index in [1.54, 1.807) is 24.3 Å². The molecule has 0 aliphatic heterocycles. The third kappa shape index (κ3) is 5.58. The fourth-order valence-electron chi connectivity index (χ4n) is 5.90. The molecule has 1 aliphatic carbocycles. The van der Waals surface area contributed by atoms with Crippen molar-refractivity contribution < 1.29 is 24.2 Å². The molecule has 1 N–H and O–H groups in total. The number of phenolic OH excluding ortho intramolecular Hbond substituents is 1. The van der Waals surface area contributed by atoms with Crippen LogP contribution in [0.4, 0.5) is 0 Å². The van der Waals surface area contributed by atoms with E-state index >= 15 is 0 Å². The minimum atomic E-state index is -1.02. The lowest BCUT2D eigenvalue weighted by Gasteiger charge is -2.28. The van der Waals surface area contributed by atoms with Crippen molar-refractivity contribution in [2.24, 2.45) is 0 Å². The van der Waals surface area contributed by atoms with Gasteiger partial charge in [-0.2, -0.15) is 0 Å². The maximum absolute atomic E-state index is 13.4. The Morgan fingerprint density at radius 1 is 0.837 bits per heavy atom. The van der Waals surface area contributed by atoms with Crippen molar-refractivity contribution in [3.63, 3.8) is 0 Å². The second-order valence-electron chi connectivity index (χ2n) is 13.7. The quantitative estimate of drug-likeness (QED) is 0.147. The molecule has 43 heavy (non-hydrogen) atoms. The van der Waals surface area contributed by atoms with Crippen LogP contribution >= 0.6 is 0 Å². The number of aromatic nitrogens is 1. The number of para-hydroxylation sites is 1. The summed E-state index contributed by atoms with van der Waals surface area (Å²) in [6.45, 7) is 16.0. The summed E-state index contributed by atoms with van der Waals surface area (Å²) in [6.07, 6.45) is 0.568. The number of hydrogen-bond acceptors (Lipinski definition) is 6. The molecule has 0 spiro atoms. The van der Waals surface area contributed by atoms with Gasteiger partial charge in [0.05, 0.1) is 5.69 Å². The largest absolute Gasteiger partial charge is 0.507 e. The first-order chi connectivity index (χ1) is 20.1. The Morgan fingerprint density at radius 3 is 1.93 bits per heavy atom. The van der Waals surface area contributed by atoms with E-state index in [0.717, 1.165) is 33.2 Å². The lowest BCUT2D eigenvalue weighted by Crippen LogP contribution is -2.18. The van der Waals surface area contributed by atoms with E-state index in [2.05, 4.69) is 41.5 Å². The van der Waals surface area contributed by atoms with E-state index in [1.807, 2.05) is 44.2 Å². The average Bonchev–Trinajstić information content (AvgIpc) is 3.19. The fraction of sp³-hybridized carbons (Fsp3) is 0.351. The van der Waals surface area contributed by atoms with Gasteiger partial charge in [-0.25, -0.2) is 4.98 Å². The predicted molar refractivity (Wildman–Crippen MR) is 169 cm³/mol. The minimum Gasteiger partial charge on any atom is -0.507 e. The lowest BCUT2D eigenvalue weighted by atomic mass is 9.78. The van der Waals surface area contributed by atoms with Crippen molar-refractivity contribution in [2.45, 2.75) is 85.0 Å². The van der Waals surface area contributed by atoms with E-state index in [1.165, 1.54) is 0 Å². The van der Waals surface area contributed by atoms with Crippen molar-refractivity contribution in [3.05, 3.63) is 99.2 Å². The summed E-state index contributed by atoms with van der Waals surface area (Å²) >= 11 is 0. The molecule has 5 rings (SSSR count). The van der Waals surface area contributed by atoms with Gasteiger partial charge in [0.2, 0.25) is 0 Å². The van der Waals surface area contributed by atoms with Gasteiger partial charge in [-0.3, -0.25) is 14.4 Å². The number of carbonyl (C=O) groups excluding carboxylic acids is 3. The number of aryl methyl sites for hydroxylation is 3. The van der Waals surface area contributed by atoms with Crippen LogP contribution < -0.4 is 4.74 Å². The summed E-state index contributed by atoms with van der Waals surface area (Å²) in [6, 6.07) is 16.5. The highest BCUT2D eigenvalue weighted by molar-refractivity contribution is 6.30. The second-order valence-corrected chi connectivity index (χ2v) is 13.7. The molecule has 6 nitrogen and oxygen atoms in total. The van der Waals surface area contributed by atoms with Gasteiger partial charge in [0.25, 0.3) is 0 Å². The monoisotopic (exact) mass is 577 g/mol. The predicted octanol–water partition coefficient (Wildman–Crippen LogP) is 7.85. The van der Waals surface area contributed by atoms with E-state index in [0.29, 0.717) is 34.5 Å². The van der Waals surface area contributed by atoms with Gasteiger partial charge in [0.1, 0.15) is 17.2 Å². The Morgan fingerprint density at radius 2 is 1.40 bits per heavy atom. The third-order valence-electron chi connectivity index (χ3n) is 8.27. The number of hydrogen-bond donors (Lipinski definition) is 1. The first kappa shape index (κ1) is 30.1. The average molecular weight is 578 g/mol. The second kappa shape index (κ2) is 10.7. The van der Waals surface area contributed by atoms with Gasteiger partial charge >= 0.3 is 5.97 Å². The number of pyridine rings is 1. The van der Waals surface area contributed by atoms with Crippen LogP contribution in [0.5, 0.6) is 11.5 Å². The number of fused-ring (bicyclic) bond motifs is 2. The Hall–Kier alpha value is -4.32. The van der Waals surface area contributed by atoms with E-state index in [4.69, 9.17) is 9.72 Å². The SMILES string of the molecule is Cc1ccc(C)c2c1C(=O)C(c1ccc3cccc(OC(=O)CCc4cc(C(C)(C)C)c(O)c(C(C)(C)C)c4)c3n1)C2=O. The number of nitrogens with zero attached hydrogens (tertiary/aromatic N) is 1. The number of phenols is 1. The molecular weight excluding hydrogens is 538 g/mol. The molecule has 0 saturated carbocycles. The molecule has 0 atom stereocenters. The smallest absolute Gasteiger partial charge is 0.311 e. The number of carbonyl (C=O) groups is 3. The van der Waals surface area contributed by atoms with E-state index < -0.39 is 11.9 Å². The highest BCUT2D eigenvalue weighted by atomic mass is 16.5. The third-order valence-corrected chi connectivity index (χ3v) is 8.27. The first-order valence-corrected chi connectivity index (χ1v) is 14.7. The molecule has 0 bridgehead atoms. The highest BCUT2D eigenvalue weighted by Crippen LogP contribution is 2.41. The van der Waals surface area contributed by atoms with Crippen LogP contribution in [0.1, 0.15) is 108 Å². The standard InChI is InChI=1S/C37H39NO5/c1-20-12-13-21(2)30-29(20)34(41)31(35(30)42)26-16-15-23-10-9-11-27(32(23)38-26)43-28(39)17-14-22-18-24(36(3,4)5)33(40)25(19-22)37(6,7)8/h9-13,15-16,18-19,31,40H,14,17H2,1-8H3. The van der Waals surface area contributed by atoms with Crippen LogP contribution in [0.15, 0.2) is 54.6 Å². The number of Topliss-reactive ketones (excluding diaryl/α,β-unsaturated/α-hetero) is 2. The molecule has 1 aliphatic rings. The molecule has 1 aromatic heterocycles. The van der Waals surface area contributed by atoms with Gasteiger partial charge in [-0.1, -0.05) is 84.0 Å². The molecule has 0 unspecified atom stereocenters. The van der Waals surface area contributed by atoms with Crippen LogP contribution in [-0.4, -0.2) is 27.6 Å². The lowest BCUT2D eigenvalue weighted by molar-refractivity contribution is -0.134. The number of aromatic hydroxyl groups is 1. The van der Waals surface area contributed by atoms with Crippen molar-refractivity contribution in [3.8, 4) is 11.5 Å². The Kier molecular flexibility index (Phi) is 7.54. The number of ether oxygens (including phenoxy) is 1. The molecule has 1 heterocycles. The Labute approximate surface area is 253 Å². The van der Waals surface area contributed by atoms with Gasteiger partial charge in [-0.05, 0) is 71.0 Å². The summed E-state index contributed by atoms with van der Waals surface area (Å²) in [4.78, 5) is 44.7. The topological polar surface area (TPSA) is 93.6 Å². The van der Waals surface area contributed by atoms with Crippen molar-refractivity contribution in [1.82, 2.24) is 4.98 Å². The Bertz CT molecular complexity index is 1730. The summed E-state index contributed by atoms with van der Waals surface area (Å²) < 4.78 is 5.82. The number of benzene rings is 3. The molecule has 4 aromatic rings. The summed E-state index contributed by atoms with van der Waals surface area (Å²) in [5.74, 6) is -1.36. The van der Waals surface area contributed by atoms with Crippen LogP contribution in [0, 0.1) is 13.8 Å². The van der Waals surface area contributed by atoms with Gasteiger partial charge in [0.15, 0.2) is 17.3 Å². The molecule has 0 fully saturated rings. The zero-order chi connectivity index (χ0) is 31.4. The molecule has 0 radical (unpaired) electrons. The molecule has 0 amide bonds. The van der Waals surface area contributed by atoms with Crippen molar-refractivity contribution >= 4 is 28.4 Å². The zero-order valence-electron chi connectivity index (χ0n) is 26.2. The zero-order valence-corrected chi connectivity index (χ0v) is 26.2. The van der Waals surface area contributed by atoms with E-state index in [-0.39, 0.29) is 34.6 Å². The van der Waals surface area contributed by atoms with Crippen molar-refractivity contribution in [1.29, 1.82) is 0 Å². The van der Waals surface area contributed by atoms with Crippen LogP contribution in [0.2, 0.25) is 0 Å². The molecular formula is C37H39NO5. The van der Waals surface area contributed by atoms with Crippen molar-refractivity contribution in [2.75, 3.05) is 0 Å². The molecule has 0 saturated heterocycles. The fourth-order valence-corrected chi connectivity index (χ4v) is 5.90. The molecule has 222 valence electrons. The maximum Gasteiger partial charge on any atom is 0.311 e. The minimum absolute atomic E-state index is 0.126. The van der Waals surface area contributed by atoms with Crippen LogP contribution in [0.25, 0.3) is 10.9 Å². The number of rotatable bonds is 5. The van der Waals surface area contributed by atoms with Gasteiger partial charge in [-0.15, -0.1) is 0 Å². The summed E-state index contributed by atoms with van der Waals surface area (Å²) in [5, 5.41) is 11.8. The summed E-state index contributed by atoms with van der Waals surface area (Å²) in [5.41, 5.74) is 5.35. The van der Waals surface area contributed by atoms with E-state index in [9.17, 15) is 19.5 Å². The molecule has 6 heteroatoms.